The van der Waals surface area contributed by atoms with Crippen LogP contribution in [0.4, 0.5) is 0 Å². The molecule has 1 aliphatic rings. The number of likely N-dealkylation sites (tertiary alicyclic amines) is 1. The van der Waals surface area contributed by atoms with Gasteiger partial charge in [0.25, 0.3) is 5.91 Å². The Morgan fingerprint density at radius 3 is 2.65 bits per heavy atom. The lowest BCUT2D eigenvalue weighted by atomic mass is 10.1. The summed E-state index contributed by atoms with van der Waals surface area (Å²) in [5, 5.41) is 0.804. The third-order valence-electron chi connectivity index (χ3n) is 2.87. The highest BCUT2D eigenvalue weighted by Gasteiger charge is 2.23. The predicted octanol–water partition coefficient (Wildman–Crippen LogP) is 3.79. The SMILES string of the molecule is O=C(c1cc(Cl)ccc1I)N1CCC(Cl)CC1. The number of alkyl halides is 1. The van der Waals surface area contributed by atoms with E-state index in [0.29, 0.717) is 10.6 Å². The van der Waals surface area contributed by atoms with Gasteiger partial charge in [0.05, 0.1) is 5.56 Å². The molecule has 1 amide bonds. The van der Waals surface area contributed by atoms with Gasteiger partial charge in [-0.25, -0.2) is 0 Å². The molecule has 1 saturated heterocycles. The van der Waals surface area contributed by atoms with Crippen molar-refractivity contribution in [2.45, 2.75) is 18.2 Å². The van der Waals surface area contributed by atoms with Crippen LogP contribution in [0.3, 0.4) is 0 Å². The molecule has 1 fully saturated rings. The number of halogens is 3. The quantitative estimate of drug-likeness (QED) is 0.533. The van der Waals surface area contributed by atoms with Gasteiger partial charge < -0.3 is 4.90 Å². The first-order valence-corrected chi connectivity index (χ1v) is 7.35. The first-order valence-electron chi connectivity index (χ1n) is 5.46. The average molecular weight is 384 g/mol. The Bertz CT molecular complexity index is 431. The lowest BCUT2D eigenvalue weighted by molar-refractivity contribution is 0.0725. The van der Waals surface area contributed by atoms with E-state index in [0.717, 1.165) is 29.5 Å². The van der Waals surface area contributed by atoms with E-state index >= 15 is 0 Å². The fourth-order valence-electron chi connectivity index (χ4n) is 1.88. The number of benzene rings is 1. The summed E-state index contributed by atoms with van der Waals surface area (Å²) in [4.78, 5) is 14.2. The molecule has 5 heteroatoms. The van der Waals surface area contributed by atoms with Crippen molar-refractivity contribution in [3.8, 4) is 0 Å². The second-order valence-electron chi connectivity index (χ2n) is 4.09. The minimum atomic E-state index is 0.0560. The molecule has 0 aromatic heterocycles. The van der Waals surface area contributed by atoms with Crippen LogP contribution in [0.15, 0.2) is 18.2 Å². The van der Waals surface area contributed by atoms with Crippen molar-refractivity contribution in [3.05, 3.63) is 32.4 Å². The summed E-state index contributed by atoms with van der Waals surface area (Å²) in [5.74, 6) is 0.0560. The average Bonchev–Trinajstić information content (AvgIpc) is 2.32. The molecule has 92 valence electrons. The summed E-state index contributed by atoms with van der Waals surface area (Å²) in [6.45, 7) is 1.46. The van der Waals surface area contributed by atoms with Crippen LogP contribution < -0.4 is 0 Å². The van der Waals surface area contributed by atoms with E-state index in [2.05, 4.69) is 22.6 Å². The highest BCUT2D eigenvalue weighted by molar-refractivity contribution is 14.1. The topological polar surface area (TPSA) is 20.3 Å². The summed E-state index contributed by atoms with van der Waals surface area (Å²) in [7, 11) is 0. The van der Waals surface area contributed by atoms with E-state index < -0.39 is 0 Å². The molecule has 0 spiro atoms. The number of hydrogen-bond donors (Lipinski definition) is 0. The van der Waals surface area contributed by atoms with Crippen molar-refractivity contribution in [1.82, 2.24) is 4.90 Å². The van der Waals surface area contributed by atoms with Gasteiger partial charge in [-0.2, -0.15) is 0 Å². The number of nitrogens with zero attached hydrogens (tertiary/aromatic N) is 1. The highest BCUT2D eigenvalue weighted by atomic mass is 127. The Balaban J connectivity index is 2.16. The number of carbonyl (C=O) groups excluding carboxylic acids is 1. The Hall–Kier alpha value is -0.000000000000000111. The van der Waals surface area contributed by atoms with Crippen molar-refractivity contribution < 1.29 is 4.79 Å². The molecule has 1 aliphatic heterocycles. The van der Waals surface area contributed by atoms with Gasteiger partial charge in [-0.3, -0.25) is 4.79 Å². The molecule has 0 unspecified atom stereocenters. The van der Waals surface area contributed by atoms with Crippen molar-refractivity contribution in [3.63, 3.8) is 0 Å². The van der Waals surface area contributed by atoms with Gasteiger partial charge in [-0.15, -0.1) is 11.6 Å². The van der Waals surface area contributed by atoms with E-state index in [-0.39, 0.29) is 11.3 Å². The van der Waals surface area contributed by atoms with Gasteiger partial charge in [0.1, 0.15) is 0 Å². The molecule has 1 aromatic rings. The smallest absolute Gasteiger partial charge is 0.254 e. The van der Waals surface area contributed by atoms with Gasteiger partial charge in [0.2, 0.25) is 0 Å². The second kappa shape index (κ2) is 5.76. The minimum absolute atomic E-state index is 0.0560. The zero-order valence-corrected chi connectivity index (χ0v) is 12.8. The molecule has 1 aromatic carbocycles. The van der Waals surface area contributed by atoms with E-state index in [4.69, 9.17) is 23.2 Å². The molecule has 0 N–H and O–H groups in total. The number of piperidine rings is 1. The van der Waals surface area contributed by atoms with Crippen molar-refractivity contribution in [1.29, 1.82) is 0 Å². The van der Waals surface area contributed by atoms with Crippen molar-refractivity contribution >= 4 is 51.7 Å². The van der Waals surface area contributed by atoms with Crippen LogP contribution in [0.1, 0.15) is 23.2 Å². The number of rotatable bonds is 1. The molecule has 2 nitrogen and oxygen atoms in total. The van der Waals surface area contributed by atoms with Crippen LogP contribution in [0.2, 0.25) is 5.02 Å². The molecular weight excluding hydrogens is 372 g/mol. The van der Waals surface area contributed by atoms with E-state index in [1.54, 1.807) is 12.1 Å². The largest absolute Gasteiger partial charge is 0.339 e. The maximum Gasteiger partial charge on any atom is 0.254 e. The molecular formula is C12H12Cl2INO. The number of hydrogen-bond acceptors (Lipinski definition) is 1. The molecule has 0 radical (unpaired) electrons. The third-order valence-corrected chi connectivity index (χ3v) is 4.48. The Morgan fingerprint density at radius 2 is 2.00 bits per heavy atom. The zero-order chi connectivity index (χ0) is 12.4. The fraction of sp³-hybridized carbons (Fsp3) is 0.417. The standard InChI is InChI=1S/C12H12Cl2INO/c13-8-3-5-16(6-4-8)12(17)10-7-9(14)1-2-11(10)15/h1-2,7-8H,3-6H2. The Morgan fingerprint density at radius 1 is 1.35 bits per heavy atom. The van der Waals surface area contributed by atoms with Crippen LogP contribution in [-0.4, -0.2) is 29.3 Å². The zero-order valence-electron chi connectivity index (χ0n) is 9.13. The number of carbonyl (C=O) groups is 1. The first kappa shape index (κ1) is 13.4. The van der Waals surface area contributed by atoms with Crippen LogP contribution in [0.25, 0.3) is 0 Å². The fourth-order valence-corrected chi connectivity index (χ4v) is 2.82. The maximum atomic E-state index is 12.3. The Labute approximate surface area is 124 Å². The minimum Gasteiger partial charge on any atom is -0.339 e. The maximum absolute atomic E-state index is 12.3. The molecule has 0 aliphatic carbocycles. The lowest BCUT2D eigenvalue weighted by Gasteiger charge is -2.29. The molecule has 0 saturated carbocycles. The molecule has 2 rings (SSSR count). The van der Waals surface area contributed by atoms with Crippen LogP contribution >= 0.6 is 45.8 Å². The third kappa shape index (κ3) is 3.26. The highest BCUT2D eigenvalue weighted by Crippen LogP contribution is 2.22. The molecule has 0 bridgehead atoms. The lowest BCUT2D eigenvalue weighted by Crippen LogP contribution is -2.39. The van der Waals surface area contributed by atoms with Crippen molar-refractivity contribution in [2.75, 3.05) is 13.1 Å². The number of amides is 1. The molecule has 17 heavy (non-hydrogen) atoms. The van der Waals surface area contributed by atoms with Crippen molar-refractivity contribution in [2.24, 2.45) is 0 Å². The van der Waals surface area contributed by atoms with Crippen LogP contribution in [0, 0.1) is 3.57 Å². The summed E-state index contributed by atoms with van der Waals surface area (Å²) >= 11 is 14.1. The first-order chi connectivity index (χ1) is 8.08. The van der Waals surface area contributed by atoms with Gasteiger partial charge in [-0.1, -0.05) is 11.6 Å². The summed E-state index contributed by atoms with van der Waals surface area (Å²) in [5.41, 5.74) is 0.686. The van der Waals surface area contributed by atoms with Gasteiger partial charge in [-0.05, 0) is 53.6 Å². The molecule has 1 heterocycles. The van der Waals surface area contributed by atoms with Gasteiger partial charge >= 0.3 is 0 Å². The normalized spacial score (nSPS) is 17.2. The second-order valence-corrected chi connectivity index (χ2v) is 6.31. The van der Waals surface area contributed by atoms with E-state index in [9.17, 15) is 4.79 Å². The summed E-state index contributed by atoms with van der Waals surface area (Å²) in [6.07, 6.45) is 1.73. The monoisotopic (exact) mass is 383 g/mol. The van der Waals surface area contributed by atoms with Gasteiger partial charge in [0, 0.05) is 27.1 Å². The Kier molecular flexibility index (Phi) is 4.55. The predicted molar refractivity (Wildman–Crippen MR) is 78.9 cm³/mol. The van der Waals surface area contributed by atoms with Crippen LogP contribution in [0.5, 0.6) is 0 Å². The summed E-state index contributed by atoms with van der Waals surface area (Å²) < 4.78 is 0.935. The molecule has 0 atom stereocenters. The van der Waals surface area contributed by atoms with E-state index in [1.807, 2.05) is 11.0 Å². The van der Waals surface area contributed by atoms with Crippen LogP contribution in [-0.2, 0) is 0 Å². The van der Waals surface area contributed by atoms with E-state index in [1.165, 1.54) is 0 Å². The summed E-state index contributed by atoms with van der Waals surface area (Å²) in [6, 6.07) is 5.40. The van der Waals surface area contributed by atoms with Gasteiger partial charge in [0.15, 0.2) is 0 Å².